The van der Waals surface area contributed by atoms with Crippen molar-refractivity contribution < 1.29 is 0 Å². The summed E-state index contributed by atoms with van der Waals surface area (Å²) in [5, 5.41) is 0. The Morgan fingerprint density at radius 3 is 2.50 bits per heavy atom. The minimum absolute atomic E-state index is 1.17. The summed E-state index contributed by atoms with van der Waals surface area (Å²) < 4.78 is 3.10. The molecule has 0 aromatic heterocycles. The fraction of sp³-hybridized carbons (Fsp3) is 1.00. The van der Waals surface area contributed by atoms with Crippen LogP contribution in [0.5, 0.6) is 0 Å². The lowest BCUT2D eigenvalue weighted by Gasteiger charge is -1.94. The molecule has 0 aromatic carbocycles. The number of unbranched alkanes of at least 4 members (excludes halogenated alkanes) is 3. The zero-order valence-corrected chi connectivity index (χ0v) is 7.57. The third-order valence-corrected chi connectivity index (χ3v) is 1.66. The summed E-state index contributed by atoms with van der Waals surface area (Å²) in [4.78, 5) is 0. The van der Waals surface area contributed by atoms with Crippen LogP contribution in [0, 0.1) is 0 Å². The lowest BCUT2D eigenvalue weighted by Crippen LogP contribution is -1.98. The molecule has 50 valence electrons. The second kappa shape index (κ2) is 7.69. The van der Waals surface area contributed by atoms with Gasteiger partial charge in [0.05, 0.1) is 0 Å². The van der Waals surface area contributed by atoms with E-state index in [1.807, 2.05) is 0 Å². The Labute approximate surface area is 65.7 Å². The highest BCUT2D eigenvalue weighted by Crippen LogP contribution is 1.96. The molecule has 0 heterocycles. The van der Waals surface area contributed by atoms with Crippen LogP contribution in [0.3, 0.4) is 0 Å². The molecule has 0 atom stereocenters. The van der Waals surface area contributed by atoms with Gasteiger partial charge in [-0.2, -0.15) is 0 Å². The van der Waals surface area contributed by atoms with Gasteiger partial charge in [-0.15, -0.1) is 0 Å². The largest absolute Gasteiger partial charge is 0.261 e. The highest BCUT2D eigenvalue weighted by molar-refractivity contribution is 14.1. The predicted octanol–water partition coefficient (Wildman–Crippen LogP) is 2.51. The lowest BCUT2D eigenvalue weighted by molar-refractivity contribution is 0.667. The summed E-state index contributed by atoms with van der Waals surface area (Å²) in [7, 11) is 0. The Hall–Kier alpha value is 0.690. The molecule has 0 radical (unpaired) electrons. The SMILES string of the molecule is CCCCCCNI. The van der Waals surface area contributed by atoms with Crippen molar-refractivity contribution in [2.24, 2.45) is 0 Å². The summed E-state index contributed by atoms with van der Waals surface area (Å²) >= 11 is 2.19. The van der Waals surface area contributed by atoms with Crippen molar-refractivity contribution in [2.45, 2.75) is 32.6 Å². The van der Waals surface area contributed by atoms with Crippen LogP contribution in [0.25, 0.3) is 0 Å². The van der Waals surface area contributed by atoms with E-state index in [0.29, 0.717) is 0 Å². The molecule has 0 unspecified atom stereocenters. The lowest BCUT2D eigenvalue weighted by atomic mass is 10.2. The molecule has 0 aliphatic carbocycles. The van der Waals surface area contributed by atoms with Gasteiger partial charge in [-0.25, -0.2) is 0 Å². The summed E-state index contributed by atoms with van der Waals surface area (Å²) in [5.74, 6) is 0. The fourth-order valence-electron chi connectivity index (χ4n) is 0.619. The molecule has 0 saturated carbocycles. The minimum Gasteiger partial charge on any atom is -0.261 e. The second-order valence-corrected chi connectivity index (χ2v) is 2.71. The van der Waals surface area contributed by atoms with E-state index < -0.39 is 0 Å². The van der Waals surface area contributed by atoms with Gasteiger partial charge < -0.3 is 0 Å². The monoisotopic (exact) mass is 227 g/mol. The van der Waals surface area contributed by atoms with Gasteiger partial charge in [0.2, 0.25) is 0 Å². The first-order valence-electron chi connectivity index (χ1n) is 3.25. The summed E-state index contributed by atoms with van der Waals surface area (Å²) in [6.07, 6.45) is 5.43. The molecule has 0 amide bonds. The van der Waals surface area contributed by atoms with Crippen molar-refractivity contribution in [3.05, 3.63) is 0 Å². The Balaban J connectivity index is 2.53. The standard InChI is InChI=1S/C6H14IN/c1-2-3-4-5-6-8-7/h8H,2-6H2,1H3. The van der Waals surface area contributed by atoms with Gasteiger partial charge >= 0.3 is 0 Å². The summed E-state index contributed by atoms with van der Waals surface area (Å²) in [5.41, 5.74) is 0. The van der Waals surface area contributed by atoms with Gasteiger partial charge in [-0.1, -0.05) is 26.2 Å². The van der Waals surface area contributed by atoms with Gasteiger partial charge in [-0.3, -0.25) is 3.53 Å². The zero-order chi connectivity index (χ0) is 6.24. The normalized spacial score (nSPS) is 9.75. The molecule has 1 nitrogen and oxygen atoms in total. The average Bonchev–Trinajstić information content (AvgIpc) is 1.81. The first-order valence-corrected chi connectivity index (χ1v) is 4.33. The highest BCUT2D eigenvalue weighted by Gasteiger charge is 1.83. The van der Waals surface area contributed by atoms with Crippen molar-refractivity contribution in [3.63, 3.8) is 0 Å². The highest BCUT2D eigenvalue weighted by atomic mass is 127. The summed E-state index contributed by atoms with van der Waals surface area (Å²) in [6, 6.07) is 0. The smallest absolute Gasteiger partial charge is 0.0169 e. The maximum absolute atomic E-state index is 3.10. The fourth-order valence-corrected chi connectivity index (χ4v) is 1.000. The predicted molar refractivity (Wildman–Crippen MR) is 46.2 cm³/mol. The molecule has 2 heteroatoms. The van der Waals surface area contributed by atoms with E-state index in [-0.39, 0.29) is 0 Å². The Morgan fingerprint density at radius 1 is 1.25 bits per heavy atom. The molecule has 0 aromatic rings. The van der Waals surface area contributed by atoms with Crippen LogP contribution in [0.2, 0.25) is 0 Å². The van der Waals surface area contributed by atoms with Gasteiger partial charge in [0.25, 0.3) is 0 Å². The van der Waals surface area contributed by atoms with E-state index in [0.717, 1.165) is 0 Å². The molecule has 0 saturated heterocycles. The maximum Gasteiger partial charge on any atom is 0.0169 e. The number of nitrogens with one attached hydrogen (secondary N) is 1. The molecule has 0 aliphatic heterocycles. The van der Waals surface area contributed by atoms with Gasteiger partial charge in [0.15, 0.2) is 0 Å². The Kier molecular flexibility index (Phi) is 8.35. The molecule has 0 rings (SSSR count). The van der Waals surface area contributed by atoms with Crippen molar-refractivity contribution in [2.75, 3.05) is 6.54 Å². The molecule has 0 spiro atoms. The van der Waals surface area contributed by atoms with Crippen LogP contribution in [0.1, 0.15) is 32.6 Å². The van der Waals surface area contributed by atoms with Crippen LogP contribution in [-0.2, 0) is 0 Å². The molecule has 0 bridgehead atoms. The van der Waals surface area contributed by atoms with Crippen LogP contribution in [-0.4, -0.2) is 6.54 Å². The van der Waals surface area contributed by atoms with E-state index in [9.17, 15) is 0 Å². The summed E-state index contributed by atoms with van der Waals surface area (Å²) in [6.45, 7) is 3.40. The van der Waals surface area contributed by atoms with E-state index in [1.165, 1.54) is 32.2 Å². The van der Waals surface area contributed by atoms with Crippen LogP contribution < -0.4 is 3.53 Å². The zero-order valence-electron chi connectivity index (χ0n) is 5.41. The maximum atomic E-state index is 3.10. The quantitative estimate of drug-likeness (QED) is 0.432. The van der Waals surface area contributed by atoms with Crippen LogP contribution in [0.15, 0.2) is 0 Å². The topological polar surface area (TPSA) is 12.0 Å². The number of halogens is 1. The molecular weight excluding hydrogens is 213 g/mol. The van der Waals surface area contributed by atoms with Gasteiger partial charge in [0.1, 0.15) is 0 Å². The first kappa shape index (κ1) is 8.69. The van der Waals surface area contributed by atoms with Crippen molar-refractivity contribution in [1.82, 2.24) is 3.53 Å². The van der Waals surface area contributed by atoms with E-state index in [2.05, 4.69) is 33.3 Å². The third kappa shape index (κ3) is 6.69. The van der Waals surface area contributed by atoms with Crippen LogP contribution >= 0.6 is 22.9 Å². The van der Waals surface area contributed by atoms with E-state index >= 15 is 0 Å². The number of rotatable bonds is 5. The number of hydrogen-bond donors (Lipinski definition) is 1. The van der Waals surface area contributed by atoms with E-state index in [4.69, 9.17) is 0 Å². The van der Waals surface area contributed by atoms with Crippen molar-refractivity contribution in [3.8, 4) is 0 Å². The molecular formula is C6H14IN. The Bertz CT molecular complexity index is 33.5. The molecule has 1 N–H and O–H groups in total. The molecule has 0 aliphatic rings. The first-order chi connectivity index (χ1) is 3.91. The minimum atomic E-state index is 1.17. The van der Waals surface area contributed by atoms with Crippen LogP contribution in [0.4, 0.5) is 0 Å². The number of hydrogen-bond acceptors (Lipinski definition) is 1. The van der Waals surface area contributed by atoms with Gasteiger partial charge in [0, 0.05) is 29.4 Å². The van der Waals surface area contributed by atoms with Crippen molar-refractivity contribution >= 4 is 22.9 Å². The van der Waals surface area contributed by atoms with E-state index in [1.54, 1.807) is 0 Å². The molecule has 8 heavy (non-hydrogen) atoms. The average molecular weight is 227 g/mol. The third-order valence-electron chi connectivity index (χ3n) is 1.12. The van der Waals surface area contributed by atoms with Gasteiger partial charge in [-0.05, 0) is 6.42 Å². The molecule has 0 fully saturated rings. The van der Waals surface area contributed by atoms with Crippen molar-refractivity contribution in [1.29, 1.82) is 0 Å². The second-order valence-electron chi connectivity index (χ2n) is 1.94. The Morgan fingerprint density at radius 2 is 2.00 bits per heavy atom.